The molecule has 2 saturated heterocycles. The van der Waals surface area contributed by atoms with Crippen LogP contribution in [0.2, 0.25) is 0 Å². The number of aryl methyl sites for hydroxylation is 1. The van der Waals surface area contributed by atoms with Gasteiger partial charge in [0.25, 0.3) is 0 Å². The van der Waals surface area contributed by atoms with Crippen LogP contribution >= 0.6 is 12.4 Å². The number of fused-ring (bicyclic) bond motifs is 3. The monoisotopic (exact) mass is 358 g/mol. The Morgan fingerprint density at radius 2 is 1.91 bits per heavy atom. The summed E-state index contributed by atoms with van der Waals surface area (Å²) in [5.74, 6) is 0.824. The topological polar surface area (TPSA) is 67.4 Å². The first-order valence-electron chi connectivity index (χ1n) is 8.14. The van der Waals surface area contributed by atoms with Crippen LogP contribution in [0.3, 0.4) is 0 Å². The first-order valence-corrected chi connectivity index (χ1v) is 9.62. The number of nitrogens with one attached hydrogen (secondary N) is 2. The molecule has 3 aliphatic rings. The number of halogens is 1. The third-order valence-electron chi connectivity index (χ3n) is 4.99. The standard InChI is InChI=1S/C16H22N2O3S.ClH/c19-22(20,18-14-9-12-3-4-13(10-14)17-12)15-5-6-16-11(8-15)2-1-7-21-16;/h5-6,8,12-14,17-18H,1-4,7,9-10H2;1H. The Bertz CT molecular complexity index is 668. The average molecular weight is 359 g/mol. The Hall–Kier alpha value is -0.820. The zero-order chi connectivity index (χ0) is 15.2. The van der Waals surface area contributed by atoms with Crippen LogP contribution in [0.15, 0.2) is 23.1 Å². The van der Waals surface area contributed by atoms with Crippen molar-refractivity contribution in [2.24, 2.45) is 0 Å². The molecule has 1 aromatic carbocycles. The summed E-state index contributed by atoms with van der Waals surface area (Å²) in [6.45, 7) is 0.717. The predicted octanol–water partition coefficient (Wildman–Crippen LogP) is 1.99. The molecule has 0 aliphatic carbocycles. The molecule has 23 heavy (non-hydrogen) atoms. The highest BCUT2D eigenvalue weighted by atomic mass is 35.5. The van der Waals surface area contributed by atoms with Gasteiger partial charge < -0.3 is 10.1 Å². The average Bonchev–Trinajstić information content (AvgIpc) is 2.85. The van der Waals surface area contributed by atoms with Crippen molar-refractivity contribution in [2.45, 2.75) is 61.5 Å². The molecular formula is C16H23ClN2O3S. The van der Waals surface area contributed by atoms with Crippen LogP contribution < -0.4 is 14.8 Å². The highest BCUT2D eigenvalue weighted by Gasteiger charge is 2.35. The molecule has 3 aliphatic heterocycles. The van der Waals surface area contributed by atoms with Crippen molar-refractivity contribution in [3.05, 3.63) is 23.8 Å². The van der Waals surface area contributed by atoms with Gasteiger partial charge in [0.2, 0.25) is 10.0 Å². The summed E-state index contributed by atoms with van der Waals surface area (Å²) in [5.41, 5.74) is 1.000. The molecule has 0 spiro atoms. The van der Waals surface area contributed by atoms with E-state index in [0.717, 1.165) is 43.6 Å². The molecule has 2 fully saturated rings. The lowest BCUT2D eigenvalue weighted by atomic mass is 10.0. The molecule has 2 N–H and O–H groups in total. The Morgan fingerprint density at radius 3 is 2.65 bits per heavy atom. The van der Waals surface area contributed by atoms with Gasteiger partial charge in [0, 0.05) is 18.1 Å². The van der Waals surface area contributed by atoms with Crippen LogP contribution in [0.4, 0.5) is 0 Å². The fraction of sp³-hybridized carbons (Fsp3) is 0.625. The Morgan fingerprint density at radius 1 is 1.17 bits per heavy atom. The van der Waals surface area contributed by atoms with Gasteiger partial charge in [-0.3, -0.25) is 0 Å². The Balaban J connectivity index is 0.00000156. The zero-order valence-corrected chi connectivity index (χ0v) is 14.6. The second kappa shape index (κ2) is 6.59. The van der Waals surface area contributed by atoms with E-state index >= 15 is 0 Å². The molecule has 0 radical (unpaired) electrons. The van der Waals surface area contributed by atoms with Crippen LogP contribution in [-0.4, -0.2) is 33.2 Å². The summed E-state index contributed by atoms with van der Waals surface area (Å²) in [5, 5.41) is 3.54. The van der Waals surface area contributed by atoms with E-state index in [2.05, 4.69) is 10.0 Å². The second-order valence-corrected chi connectivity index (χ2v) is 8.36. The summed E-state index contributed by atoms with van der Waals surface area (Å²) >= 11 is 0. The molecule has 7 heteroatoms. The lowest BCUT2D eigenvalue weighted by molar-refractivity contribution is 0.288. The summed E-state index contributed by atoms with van der Waals surface area (Å²) in [6.07, 6.45) is 5.95. The Kier molecular flexibility index (Phi) is 4.88. The van der Waals surface area contributed by atoms with Crippen LogP contribution in [0.25, 0.3) is 0 Å². The van der Waals surface area contributed by atoms with E-state index in [9.17, 15) is 8.42 Å². The van der Waals surface area contributed by atoms with E-state index in [1.165, 1.54) is 12.8 Å². The van der Waals surface area contributed by atoms with Crippen molar-refractivity contribution in [2.75, 3.05) is 6.61 Å². The molecule has 0 aromatic heterocycles. The van der Waals surface area contributed by atoms with Gasteiger partial charge in [-0.2, -0.15) is 0 Å². The largest absolute Gasteiger partial charge is 0.493 e. The normalized spacial score (nSPS) is 29.3. The number of hydrogen-bond donors (Lipinski definition) is 2. The van der Waals surface area contributed by atoms with Crippen molar-refractivity contribution in [3.63, 3.8) is 0 Å². The van der Waals surface area contributed by atoms with E-state index in [-0.39, 0.29) is 18.4 Å². The lowest BCUT2D eigenvalue weighted by Gasteiger charge is -2.29. The van der Waals surface area contributed by atoms with Gasteiger partial charge in [-0.1, -0.05) is 0 Å². The van der Waals surface area contributed by atoms with Crippen molar-refractivity contribution in [1.29, 1.82) is 0 Å². The second-order valence-electron chi connectivity index (χ2n) is 6.65. The van der Waals surface area contributed by atoms with Crippen molar-refractivity contribution >= 4 is 22.4 Å². The molecule has 1 aromatic rings. The van der Waals surface area contributed by atoms with Crippen LogP contribution in [0, 0.1) is 0 Å². The van der Waals surface area contributed by atoms with E-state index in [1.54, 1.807) is 18.2 Å². The quantitative estimate of drug-likeness (QED) is 0.867. The fourth-order valence-electron chi connectivity index (χ4n) is 3.94. The maximum absolute atomic E-state index is 12.6. The third-order valence-corrected chi connectivity index (χ3v) is 6.50. The van der Waals surface area contributed by atoms with Crippen molar-refractivity contribution < 1.29 is 13.2 Å². The minimum Gasteiger partial charge on any atom is -0.493 e. The summed E-state index contributed by atoms with van der Waals surface area (Å²) in [7, 11) is -3.45. The summed E-state index contributed by atoms with van der Waals surface area (Å²) in [4.78, 5) is 0.364. The molecule has 4 rings (SSSR count). The van der Waals surface area contributed by atoms with E-state index in [1.807, 2.05) is 0 Å². The van der Waals surface area contributed by atoms with E-state index < -0.39 is 10.0 Å². The van der Waals surface area contributed by atoms with Crippen molar-refractivity contribution in [3.8, 4) is 5.75 Å². The summed E-state index contributed by atoms with van der Waals surface area (Å²) < 4.78 is 33.8. The van der Waals surface area contributed by atoms with Crippen LogP contribution in [-0.2, 0) is 16.4 Å². The third kappa shape index (κ3) is 3.50. The lowest BCUT2D eigenvalue weighted by Crippen LogP contribution is -2.47. The number of sulfonamides is 1. The van der Waals surface area contributed by atoms with Gasteiger partial charge in [-0.05, 0) is 62.3 Å². The molecule has 128 valence electrons. The summed E-state index contributed by atoms with van der Waals surface area (Å²) in [6, 6.07) is 6.21. The van der Waals surface area contributed by atoms with Crippen LogP contribution in [0.1, 0.15) is 37.7 Å². The minimum atomic E-state index is -3.45. The van der Waals surface area contributed by atoms with Gasteiger partial charge in [-0.25, -0.2) is 13.1 Å². The van der Waals surface area contributed by atoms with Gasteiger partial charge in [-0.15, -0.1) is 12.4 Å². The van der Waals surface area contributed by atoms with Crippen molar-refractivity contribution in [1.82, 2.24) is 10.0 Å². The van der Waals surface area contributed by atoms with E-state index in [4.69, 9.17) is 4.74 Å². The number of piperidine rings is 1. The number of benzene rings is 1. The first-order chi connectivity index (χ1) is 10.6. The fourth-order valence-corrected chi connectivity index (χ4v) is 5.26. The Labute approximate surface area is 143 Å². The first kappa shape index (κ1) is 17.0. The maximum atomic E-state index is 12.6. The van der Waals surface area contributed by atoms with E-state index in [0.29, 0.717) is 17.0 Å². The molecule has 2 unspecified atom stereocenters. The molecule has 0 amide bonds. The van der Waals surface area contributed by atoms with Gasteiger partial charge in [0.05, 0.1) is 11.5 Å². The van der Waals surface area contributed by atoms with Gasteiger partial charge in [0.1, 0.15) is 5.75 Å². The smallest absolute Gasteiger partial charge is 0.240 e. The number of rotatable bonds is 3. The van der Waals surface area contributed by atoms with Crippen LogP contribution in [0.5, 0.6) is 5.75 Å². The number of hydrogen-bond acceptors (Lipinski definition) is 4. The molecule has 2 atom stereocenters. The molecule has 5 nitrogen and oxygen atoms in total. The number of ether oxygens (including phenoxy) is 1. The maximum Gasteiger partial charge on any atom is 0.240 e. The minimum absolute atomic E-state index is 0. The van der Waals surface area contributed by atoms with Gasteiger partial charge in [0.15, 0.2) is 0 Å². The molecule has 3 heterocycles. The SMILES string of the molecule is Cl.O=S(=O)(NC1CC2CCC(C1)N2)c1ccc2c(c1)CCCO2. The highest BCUT2D eigenvalue weighted by Crippen LogP contribution is 2.30. The van der Waals surface area contributed by atoms with Gasteiger partial charge >= 0.3 is 0 Å². The predicted molar refractivity (Wildman–Crippen MR) is 90.8 cm³/mol. The zero-order valence-electron chi connectivity index (χ0n) is 13.0. The highest BCUT2D eigenvalue weighted by molar-refractivity contribution is 7.89. The molecular weight excluding hydrogens is 336 g/mol. The molecule has 2 bridgehead atoms. The molecule has 0 saturated carbocycles.